The molecule has 0 heterocycles. The number of ether oxygens (including phenoxy) is 1. The molecule has 3 aromatic rings. The summed E-state index contributed by atoms with van der Waals surface area (Å²) in [5.41, 5.74) is 8.91. The van der Waals surface area contributed by atoms with Gasteiger partial charge in [-0.2, -0.15) is 0 Å². The van der Waals surface area contributed by atoms with Crippen molar-refractivity contribution in [1.29, 1.82) is 0 Å². The molecule has 0 atom stereocenters. The minimum atomic E-state index is -0.426. The number of aryl methyl sites for hydroxylation is 1. The van der Waals surface area contributed by atoms with E-state index in [4.69, 9.17) is 4.74 Å². The van der Waals surface area contributed by atoms with Crippen LogP contribution in [0.1, 0.15) is 11.1 Å². The molecule has 0 fully saturated rings. The molecule has 0 radical (unpaired) electrons. The molecule has 0 unspecified atom stereocenters. The molecular formula is C23H22N2O3. The van der Waals surface area contributed by atoms with Gasteiger partial charge in [0.2, 0.25) is 5.91 Å². The maximum atomic E-state index is 11.9. The Morgan fingerprint density at radius 1 is 0.750 bits per heavy atom. The number of hydrogen-bond donors (Lipinski definition) is 2. The summed E-state index contributed by atoms with van der Waals surface area (Å²) < 4.78 is 5.47. The van der Waals surface area contributed by atoms with Crippen molar-refractivity contribution in [3.63, 3.8) is 0 Å². The van der Waals surface area contributed by atoms with Crippen LogP contribution < -0.4 is 15.6 Å². The molecular weight excluding hydrogens is 352 g/mol. The zero-order valence-electron chi connectivity index (χ0n) is 15.6. The van der Waals surface area contributed by atoms with E-state index in [9.17, 15) is 9.59 Å². The summed E-state index contributed by atoms with van der Waals surface area (Å²) >= 11 is 0. The molecule has 142 valence electrons. The number of nitrogens with one attached hydrogen (secondary N) is 2. The second-order valence-corrected chi connectivity index (χ2v) is 6.38. The number of hydrazine groups is 1. The van der Waals surface area contributed by atoms with Gasteiger partial charge < -0.3 is 4.74 Å². The van der Waals surface area contributed by atoms with Crippen LogP contribution in [0.3, 0.4) is 0 Å². The molecule has 0 aromatic heterocycles. The van der Waals surface area contributed by atoms with E-state index in [-0.39, 0.29) is 18.9 Å². The maximum absolute atomic E-state index is 11.9. The van der Waals surface area contributed by atoms with Crippen molar-refractivity contribution in [2.24, 2.45) is 0 Å². The van der Waals surface area contributed by atoms with E-state index < -0.39 is 5.91 Å². The molecule has 0 saturated carbocycles. The normalized spacial score (nSPS) is 10.2. The summed E-state index contributed by atoms with van der Waals surface area (Å²) in [7, 11) is 0. The first-order valence-corrected chi connectivity index (χ1v) is 9.02. The van der Waals surface area contributed by atoms with Crippen molar-refractivity contribution < 1.29 is 14.3 Å². The Hall–Kier alpha value is -3.60. The van der Waals surface area contributed by atoms with Crippen molar-refractivity contribution >= 4 is 11.8 Å². The van der Waals surface area contributed by atoms with Gasteiger partial charge in [-0.1, -0.05) is 66.7 Å². The van der Waals surface area contributed by atoms with E-state index in [0.717, 1.165) is 22.3 Å². The topological polar surface area (TPSA) is 67.4 Å². The summed E-state index contributed by atoms with van der Waals surface area (Å²) in [6.07, 6.45) is 0.203. The average molecular weight is 374 g/mol. The van der Waals surface area contributed by atoms with Gasteiger partial charge in [0, 0.05) is 0 Å². The lowest BCUT2D eigenvalue weighted by atomic mass is 10.1. The standard InChI is InChI=1S/C23H22N2O3/c1-17-7-5-6-10-20(17)15-22(26)24-25-23(27)16-28-21-13-11-19(12-14-21)18-8-3-2-4-9-18/h2-14H,15-16H2,1H3,(H,24,26)(H,25,27). The molecule has 0 aliphatic carbocycles. The summed E-state index contributed by atoms with van der Waals surface area (Å²) in [4.78, 5) is 23.8. The first kappa shape index (κ1) is 19.2. The third-order valence-corrected chi connectivity index (χ3v) is 4.28. The summed E-state index contributed by atoms with van der Waals surface area (Å²) in [5, 5.41) is 0. The molecule has 0 aliphatic heterocycles. The Kier molecular flexibility index (Phi) is 6.41. The van der Waals surface area contributed by atoms with Gasteiger partial charge in [-0.15, -0.1) is 0 Å². The molecule has 2 N–H and O–H groups in total. The van der Waals surface area contributed by atoms with Crippen LogP contribution in [-0.2, 0) is 16.0 Å². The highest BCUT2D eigenvalue weighted by Gasteiger charge is 2.08. The van der Waals surface area contributed by atoms with Crippen molar-refractivity contribution in [3.8, 4) is 16.9 Å². The van der Waals surface area contributed by atoms with Crippen LogP contribution >= 0.6 is 0 Å². The fourth-order valence-corrected chi connectivity index (χ4v) is 2.72. The van der Waals surface area contributed by atoms with Crippen LogP contribution in [0.5, 0.6) is 5.75 Å². The Balaban J connectivity index is 1.43. The van der Waals surface area contributed by atoms with Crippen LogP contribution in [0.15, 0.2) is 78.9 Å². The van der Waals surface area contributed by atoms with Gasteiger partial charge in [0.25, 0.3) is 5.91 Å². The van der Waals surface area contributed by atoms with E-state index in [1.807, 2.05) is 85.8 Å². The molecule has 3 aromatic carbocycles. The smallest absolute Gasteiger partial charge is 0.276 e. The number of hydrogen-bond acceptors (Lipinski definition) is 3. The molecule has 0 aliphatic rings. The van der Waals surface area contributed by atoms with Crippen LogP contribution in [-0.4, -0.2) is 18.4 Å². The first-order chi connectivity index (χ1) is 13.6. The minimum Gasteiger partial charge on any atom is -0.484 e. The monoisotopic (exact) mass is 374 g/mol. The lowest BCUT2D eigenvalue weighted by Gasteiger charge is -2.10. The fraction of sp³-hybridized carbons (Fsp3) is 0.130. The highest BCUT2D eigenvalue weighted by Crippen LogP contribution is 2.21. The molecule has 28 heavy (non-hydrogen) atoms. The van der Waals surface area contributed by atoms with E-state index in [1.165, 1.54) is 0 Å². The summed E-state index contributed by atoms with van der Waals surface area (Å²) in [6, 6.07) is 25.1. The molecule has 5 heteroatoms. The van der Waals surface area contributed by atoms with E-state index in [1.54, 1.807) is 0 Å². The number of carbonyl (C=O) groups excluding carboxylic acids is 2. The van der Waals surface area contributed by atoms with E-state index >= 15 is 0 Å². The molecule has 0 saturated heterocycles. The van der Waals surface area contributed by atoms with Gasteiger partial charge in [-0.3, -0.25) is 20.4 Å². The molecule has 2 amide bonds. The Morgan fingerprint density at radius 2 is 1.36 bits per heavy atom. The number of benzene rings is 3. The van der Waals surface area contributed by atoms with Crippen LogP contribution in [0, 0.1) is 6.92 Å². The van der Waals surface area contributed by atoms with E-state index in [2.05, 4.69) is 10.9 Å². The Morgan fingerprint density at radius 3 is 2.07 bits per heavy atom. The average Bonchev–Trinajstić information content (AvgIpc) is 2.73. The zero-order valence-corrected chi connectivity index (χ0v) is 15.6. The number of rotatable bonds is 6. The highest BCUT2D eigenvalue weighted by atomic mass is 16.5. The van der Waals surface area contributed by atoms with E-state index in [0.29, 0.717) is 5.75 Å². The van der Waals surface area contributed by atoms with Gasteiger partial charge in [0.1, 0.15) is 5.75 Å². The molecule has 3 rings (SSSR count). The van der Waals surface area contributed by atoms with Gasteiger partial charge in [-0.05, 0) is 41.3 Å². The van der Waals surface area contributed by atoms with Crippen molar-refractivity contribution in [2.45, 2.75) is 13.3 Å². The second-order valence-electron chi connectivity index (χ2n) is 6.38. The van der Waals surface area contributed by atoms with Gasteiger partial charge >= 0.3 is 0 Å². The second kappa shape index (κ2) is 9.37. The van der Waals surface area contributed by atoms with Crippen molar-refractivity contribution in [1.82, 2.24) is 10.9 Å². The zero-order chi connectivity index (χ0) is 19.8. The fourth-order valence-electron chi connectivity index (χ4n) is 2.72. The van der Waals surface area contributed by atoms with Gasteiger partial charge in [0.15, 0.2) is 6.61 Å². The SMILES string of the molecule is Cc1ccccc1CC(=O)NNC(=O)COc1ccc(-c2ccccc2)cc1. The molecule has 0 bridgehead atoms. The number of amides is 2. The first-order valence-electron chi connectivity index (χ1n) is 9.02. The third kappa shape index (κ3) is 5.45. The predicted octanol–water partition coefficient (Wildman–Crippen LogP) is 3.43. The summed E-state index contributed by atoms with van der Waals surface area (Å²) in [6.45, 7) is 1.76. The van der Waals surface area contributed by atoms with Crippen LogP contribution in [0.4, 0.5) is 0 Å². The van der Waals surface area contributed by atoms with Crippen LogP contribution in [0.2, 0.25) is 0 Å². The quantitative estimate of drug-likeness (QED) is 0.650. The molecule has 5 nitrogen and oxygen atoms in total. The maximum Gasteiger partial charge on any atom is 0.276 e. The minimum absolute atomic E-state index is 0.185. The Labute approximate surface area is 164 Å². The number of carbonyl (C=O) groups is 2. The third-order valence-electron chi connectivity index (χ3n) is 4.28. The largest absolute Gasteiger partial charge is 0.484 e. The Bertz CT molecular complexity index is 938. The van der Waals surface area contributed by atoms with Crippen molar-refractivity contribution in [3.05, 3.63) is 90.0 Å². The van der Waals surface area contributed by atoms with Crippen LogP contribution in [0.25, 0.3) is 11.1 Å². The lowest BCUT2D eigenvalue weighted by Crippen LogP contribution is -2.44. The van der Waals surface area contributed by atoms with Gasteiger partial charge in [0.05, 0.1) is 6.42 Å². The van der Waals surface area contributed by atoms with Gasteiger partial charge in [-0.25, -0.2) is 0 Å². The predicted molar refractivity (Wildman–Crippen MR) is 109 cm³/mol. The highest BCUT2D eigenvalue weighted by molar-refractivity contribution is 5.84. The molecule has 0 spiro atoms. The lowest BCUT2D eigenvalue weighted by molar-refractivity contribution is -0.129. The van der Waals surface area contributed by atoms with Crippen molar-refractivity contribution in [2.75, 3.05) is 6.61 Å². The summed E-state index contributed by atoms with van der Waals surface area (Å²) in [5.74, 6) is -0.124.